The van der Waals surface area contributed by atoms with Crippen LogP contribution in [0.1, 0.15) is 128 Å². The van der Waals surface area contributed by atoms with E-state index in [1.807, 2.05) is 31.7 Å². The Kier molecular flexibility index (Phi) is 20.0. The van der Waals surface area contributed by atoms with Gasteiger partial charge in [0.2, 0.25) is 23.6 Å². The normalized spacial score (nSPS) is 24.2. The molecule has 4 aromatic rings. The molecular weight excluding hydrogens is 1120 g/mol. The lowest BCUT2D eigenvalue weighted by atomic mass is 9.90. The molecule has 2 N–H and O–H groups in total. The van der Waals surface area contributed by atoms with Crippen molar-refractivity contribution in [3.05, 3.63) is 127 Å². The monoisotopic (exact) mass is 1210 g/mol. The maximum absolute atomic E-state index is 14.5. The quantitative estimate of drug-likeness (QED) is 0.118. The fraction of sp³-hybridized carbons (Fsp3) is 0.618. The van der Waals surface area contributed by atoms with Gasteiger partial charge in [-0.05, 0) is 88.1 Å². The summed E-state index contributed by atoms with van der Waals surface area (Å²) in [6, 6.07) is 17.0. The number of nitrogens with zero attached hydrogens (tertiary/aromatic N) is 10. The molecule has 0 spiro atoms. The van der Waals surface area contributed by atoms with Crippen LogP contribution in [0, 0.1) is 11.6 Å². The Morgan fingerprint density at radius 2 is 0.886 bits per heavy atom. The summed E-state index contributed by atoms with van der Waals surface area (Å²) < 4.78 is 30.8. The molecule has 0 aliphatic carbocycles. The van der Waals surface area contributed by atoms with Crippen molar-refractivity contribution >= 4 is 35.0 Å². The number of amides is 4. The van der Waals surface area contributed by atoms with Crippen molar-refractivity contribution in [3.8, 4) is 0 Å². The van der Waals surface area contributed by atoms with E-state index in [0.29, 0.717) is 76.1 Å². The number of halogens is 2. The first-order valence-corrected chi connectivity index (χ1v) is 32.4. The van der Waals surface area contributed by atoms with Crippen LogP contribution in [0.3, 0.4) is 0 Å². The third kappa shape index (κ3) is 14.5. The molecule has 0 bridgehead atoms. The number of piperazine rings is 4. The lowest BCUT2D eigenvalue weighted by Gasteiger charge is -2.45. The number of fused-ring (bicyclic) bond motifs is 2. The fourth-order valence-corrected chi connectivity index (χ4v) is 15.1. The van der Waals surface area contributed by atoms with Gasteiger partial charge in [-0.1, -0.05) is 64.8 Å². The summed E-state index contributed by atoms with van der Waals surface area (Å²) in [6.07, 6.45) is 5.03. The summed E-state index contributed by atoms with van der Waals surface area (Å²) in [7, 11) is 3.56. The number of hydrogen-bond donors (Lipinski definition) is 2. The molecule has 4 saturated heterocycles. The second-order valence-corrected chi connectivity index (χ2v) is 27.9. The number of carbonyl (C=O) groups excluding carboxylic acids is 4. The number of benzene rings is 2. The SMILES string of the molecule is CC1CN(C(=O)CCCCCCC(=O)N2CCN(C[C@H]3CN[C@H](C)CN3CC(=O)N3CC(C)(C)c4c3cc(Cc3ccc(F)cc3)c(=O)n4C)C(C)C2)CCN1C[C@H]1CN[C@H](C)CN1CC(=O)N1CC(C)(C)c2c1cc(Cc1ccc(F)cc1)c(=O)n2C. The fourth-order valence-electron chi connectivity index (χ4n) is 15.1. The molecule has 18 nitrogen and oxygen atoms in total. The van der Waals surface area contributed by atoms with Crippen LogP contribution >= 0.6 is 0 Å². The summed E-state index contributed by atoms with van der Waals surface area (Å²) >= 11 is 0. The molecule has 0 saturated carbocycles. The molecule has 10 rings (SSSR count). The highest BCUT2D eigenvalue weighted by atomic mass is 19.1. The number of carbonyl (C=O) groups is 4. The molecule has 4 fully saturated rings. The molecule has 2 unspecified atom stereocenters. The topological polar surface area (TPSA) is 162 Å². The van der Waals surface area contributed by atoms with Crippen molar-refractivity contribution in [1.29, 1.82) is 0 Å². The van der Waals surface area contributed by atoms with Crippen molar-refractivity contribution in [2.45, 2.75) is 154 Å². The summed E-state index contributed by atoms with van der Waals surface area (Å²) in [4.78, 5) is 101. The van der Waals surface area contributed by atoms with E-state index >= 15 is 0 Å². The van der Waals surface area contributed by atoms with Gasteiger partial charge < -0.3 is 39.4 Å². The molecular formula is C68H96F2N12O6. The zero-order valence-corrected chi connectivity index (χ0v) is 53.9. The number of aromatic nitrogens is 2. The third-order valence-electron chi connectivity index (χ3n) is 19.9. The molecule has 2 aromatic carbocycles. The lowest BCUT2D eigenvalue weighted by Crippen LogP contribution is -2.63. The Labute approximate surface area is 519 Å². The summed E-state index contributed by atoms with van der Waals surface area (Å²) in [6.45, 7) is 27.0. The first kappa shape index (κ1) is 64.8. The van der Waals surface area contributed by atoms with Gasteiger partial charge in [-0.15, -0.1) is 0 Å². The van der Waals surface area contributed by atoms with E-state index in [9.17, 15) is 37.5 Å². The minimum absolute atomic E-state index is 0.000982. The van der Waals surface area contributed by atoms with Crippen LogP contribution in [0.5, 0.6) is 0 Å². The number of unbranched alkanes of at least 4 members (excludes halogenated alkanes) is 3. The molecule has 6 atom stereocenters. The molecule has 4 amide bonds. The summed E-state index contributed by atoms with van der Waals surface area (Å²) in [5.74, 6) is -0.295. The third-order valence-corrected chi connectivity index (χ3v) is 19.9. The van der Waals surface area contributed by atoms with Gasteiger partial charge in [0.1, 0.15) is 11.6 Å². The van der Waals surface area contributed by atoms with Gasteiger partial charge in [-0.3, -0.25) is 48.4 Å². The average Bonchev–Trinajstić information content (AvgIpc) is 1.93. The van der Waals surface area contributed by atoms with Crippen LogP contribution in [0.15, 0.2) is 70.3 Å². The standard InChI is InChI=1S/C68H96F2N12O6/c1-45-35-79(41-61(85)81-43-67(5,6)63-57(81)31-51(65(87)73(63)9)29-49-17-21-53(69)22-18-49)55(33-71-45)39-75-25-27-77(37-47(75)3)59(83)15-13-11-12-14-16-60(84)78-28-26-76(48(4)38-78)40-56-34-72-46(2)36-80(56)42-62(86)82-44-68(7,8)64-58(82)32-52(66(88)74(64)10)30-50-19-23-54(70)24-20-50/h17-24,31-32,45-48,55-56,71-72H,11-16,25-30,33-44H2,1-10H3/t45-,46-,47?,48?,55-,56-/m1/s1. The van der Waals surface area contributed by atoms with Gasteiger partial charge in [0.25, 0.3) is 11.1 Å². The average molecular weight is 1220 g/mol. The van der Waals surface area contributed by atoms with Crippen molar-refractivity contribution in [2.24, 2.45) is 14.1 Å². The molecule has 20 heteroatoms. The molecule has 6 aliphatic heterocycles. The number of nitrogens with one attached hydrogen (secondary N) is 2. The second-order valence-electron chi connectivity index (χ2n) is 27.9. The number of hydrogen-bond acceptors (Lipinski definition) is 12. The van der Waals surface area contributed by atoms with E-state index < -0.39 is 10.8 Å². The molecule has 2 aromatic heterocycles. The van der Waals surface area contributed by atoms with Crippen molar-refractivity contribution in [2.75, 3.05) is 115 Å². The maximum atomic E-state index is 14.5. The van der Waals surface area contributed by atoms with Gasteiger partial charge in [0.05, 0.1) is 35.9 Å². The smallest absolute Gasteiger partial charge is 0.254 e. The summed E-state index contributed by atoms with van der Waals surface area (Å²) in [5.41, 5.74) is 4.92. The number of anilines is 2. The largest absolute Gasteiger partial charge is 0.340 e. The first-order chi connectivity index (χ1) is 41.8. The number of rotatable bonds is 19. The number of pyridine rings is 2. The van der Waals surface area contributed by atoms with Crippen molar-refractivity contribution < 1.29 is 28.0 Å². The highest BCUT2D eigenvalue weighted by Gasteiger charge is 2.45. The highest BCUT2D eigenvalue weighted by molar-refractivity contribution is 5.98. The van der Waals surface area contributed by atoms with E-state index in [1.165, 1.54) is 24.3 Å². The Balaban J connectivity index is 0.641. The maximum Gasteiger partial charge on any atom is 0.254 e. The van der Waals surface area contributed by atoms with Gasteiger partial charge in [-0.25, -0.2) is 8.78 Å². The molecule has 8 heterocycles. The van der Waals surface area contributed by atoms with Gasteiger partial charge in [0.15, 0.2) is 0 Å². The zero-order chi connectivity index (χ0) is 62.9. The minimum atomic E-state index is -0.432. The van der Waals surface area contributed by atoms with Crippen LogP contribution in [0.25, 0.3) is 0 Å². The van der Waals surface area contributed by atoms with E-state index in [2.05, 4.69) is 85.6 Å². The Morgan fingerprint density at radius 3 is 1.25 bits per heavy atom. The molecule has 6 aliphatic rings. The van der Waals surface area contributed by atoms with Gasteiger partial charge >= 0.3 is 0 Å². The van der Waals surface area contributed by atoms with E-state index in [0.717, 1.165) is 112 Å². The van der Waals surface area contributed by atoms with Crippen molar-refractivity contribution in [3.63, 3.8) is 0 Å². The van der Waals surface area contributed by atoms with Gasteiger partial charge in [-0.2, -0.15) is 0 Å². The summed E-state index contributed by atoms with van der Waals surface area (Å²) in [5, 5.41) is 7.30. The Bertz CT molecular complexity index is 3100. The predicted molar refractivity (Wildman–Crippen MR) is 341 cm³/mol. The predicted octanol–water partition coefficient (Wildman–Crippen LogP) is 5.22. The molecule has 478 valence electrons. The van der Waals surface area contributed by atoms with Crippen LogP contribution in [0.2, 0.25) is 0 Å². The van der Waals surface area contributed by atoms with Crippen LogP contribution in [-0.4, -0.2) is 203 Å². The zero-order valence-electron chi connectivity index (χ0n) is 53.9. The second kappa shape index (κ2) is 27.1. The molecule has 0 radical (unpaired) electrons. The van der Waals surface area contributed by atoms with Crippen molar-refractivity contribution in [1.82, 2.24) is 49.2 Å². The Morgan fingerprint density at radius 1 is 0.511 bits per heavy atom. The van der Waals surface area contributed by atoms with Crippen LogP contribution < -0.4 is 31.6 Å². The molecule has 88 heavy (non-hydrogen) atoms. The van der Waals surface area contributed by atoms with Crippen LogP contribution in [-0.2, 0) is 56.9 Å². The van der Waals surface area contributed by atoms with Crippen LogP contribution in [0.4, 0.5) is 20.2 Å². The first-order valence-electron chi connectivity index (χ1n) is 32.4. The van der Waals surface area contributed by atoms with E-state index in [-0.39, 0.29) is 95.7 Å². The van der Waals surface area contributed by atoms with E-state index in [4.69, 9.17) is 0 Å². The lowest BCUT2D eigenvalue weighted by molar-refractivity contribution is -0.135. The highest BCUT2D eigenvalue weighted by Crippen LogP contribution is 2.42. The minimum Gasteiger partial charge on any atom is -0.340 e. The Hall–Kier alpha value is -6.16. The van der Waals surface area contributed by atoms with E-state index in [1.54, 1.807) is 47.5 Å². The van der Waals surface area contributed by atoms with Gasteiger partial charge in [0, 0.05) is 190 Å².